The molecule has 140 valence electrons. The zero-order chi connectivity index (χ0) is 18.3. The van der Waals surface area contributed by atoms with Gasteiger partial charge in [0.05, 0.1) is 34.0 Å². The molecule has 0 atom stereocenters. The van der Waals surface area contributed by atoms with Crippen LogP contribution in [0.5, 0.6) is 0 Å². The summed E-state index contributed by atoms with van der Waals surface area (Å²) in [5.41, 5.74) is 4.47. The Hall–Kier alpha value is -2.16. The second-order valence-corrected chi connectivity index (χ2v) is 9.14. The van der Waals surface area contributed by atoms with Crippen LogP contribution in [0.2, 0.25) is 0 Å². The normalized spacial score (nSPS) is 20.2. The molecule has 1 saturated heterocycles. The Morgan fingerprint density at radius 2 is 2.12 bits per heavy atom. The monoisotopic (exact) mass is 377 g/mol. The number of hydrogen-bond donors (Lipinski definition) is 1. The molecule has 1 N–H and O–H groups in total. The number of rotatable bonds is 4. The van der Waals surface area contributed by atoms with E-state index in [2.05, 4.69) is 20.6 Å². The summed E-state index contributed by atoms with van der Waals surface area (Å²) < 4.78 is 25.4. The van der Waals surface area contributed by atoms with Crippen LogP contribution in [0.15, 0.2) is 11.4 Å². The van der Waals surface area contributed by atoms with Gasteiger partial charge in [0.15, 0.2) is 5.65 Å². The molecule has 2 aromatic heterocycles. The first-order chi connectivity index (χ1) is 12.5. The lowest BCUT2D eigenvalue weighted by molar-refractivity contribution is 0.174. The third-order valence-corrected chi connectivity index (χ3v) is 6.77. The molecule has 4 rings (SSSR count). The lowest BCUT2D eigenvalue weighted by Crippen LogP contribution is -2.32. The molecule has 0 amide bonds. The number of nitrogens with one attached hydrogen (secondary N) is 1. The Balaban J connectivity index is 1.79. The molecule has 2 aliphatic rings. The van der Waals surface area contributed by atoms with Crippen LogP contribution in [0.4, 0.5) is 5.69 Å². The molecule has 0 unspecified atom stereocenters. The lowest BCUT2D eigenvalue weighted by atomic mass is 10.0. The summed E-state index contributed by atoms with van der Waals surface area (Å²) in [7, 11) is -2.90. The standard InChI is InChI=1S/C17H23N5O3S/c1-3-22-17-15(11(2)20-22)16(13(10-18-17)14-4-7-25-21-14)19-12-5-8-26(23,24)9-6-12/h10,12H,3-9H2,1-2H3,(H,18,19). The van der Waals surface area contributed by atoms with E-state index in [1.165, 1.54) is 0 Å². The number of aryl methyl sites for hydroxylation is 2. The lowest BCUT2D eigenvalue weighted by Gasteiger charge is -2.25. The maximum atomic E-state index is 11.7. The van der Waals surface area contributed by atoms with Gasteiger partial charge < -0.3 is 10.2 Å². The largest absolute Gasteiger partial charge is 0.395 e. The minimum absolute atomic E-state index is 0.107. The van der Waals surface area contributed by atoms with Gasteiger partial charge in [0, 0.05) is 30.8 Å². The van der Waals surface area contributed by atoms with Crippen molar-refractivity contribution < 1.29 is 13.3 Å². The Kier molecular flexibility index (Phi) is 4.34. The first kappa shape index (κ1) is 17.3. The minimum Gasteiger partial charge on any atom is -0.395 e. The quantitative estimate of drug-likeness (QED) is 0.873. The summed E-state index contributed by atoms with van der Waals surface area (Å²) in [5, 5.41) is 13.3. The Bertz CT molecular complexity index is 966. The fourth-order valence-electron chi connectivity index (χ4n) is 3.64. The van der Waals surface area contributed by atoms with E-state index in [1.807, 2.05) is 24.7 Å². The number of sulfone groups is 1. The number of pyridine rings is 1. The summed E-state index contributed by atoms with van der Waals surface area (Å²) in [6.45, 7) is 5.32. The third-order valence-electron chi connectivity index (χ3n) is 5.05. The molecular formula is C17H23N5O3S. The fourth-order valence-corrected chi connectivity index (χ4v) is 5.13. The molecule has 2 aliphatic heterocycles. The van der Waals surface area contributed by atoms with E-state index in [9.17, 15) is 8.42 Å². The molecule has 0 saturated carbocycles. The molecule has 4 heterocycles. The number of anilines is 1. The molecule has 1 fully saturated rings. The van der Waals surface area contributed by atoms with E-state index in [0.29, 0.717) is 19.4 Å². The van der Waals surface area contributed by atoms with Crippen molar-refractivity contribution in [3.8, 4) is 0 Å². The molecule has 0 radical (unpaired) electrons. The van der Waals surface area contributed by atoms with Crippen LogP contribution in [0, 0.1) is 6.92 Å². The van der Waals surface area contributed by atoms with Crippen LogP contribution in [-0.4, -0.2) is 53.0 Å². The van der Waals surface area contributed by atoms with Gasteiger partial charge in [-0.15, -0.1) is 0 Å². The van der Waals surface area contributed by atoms with Crippen molar-refractivity contribution >= 4 is 32.3 Å². The number of nitrogens with zero attached hydrogens (tertiary/aromatic N) is 4. The van der Waals surface area contributed by atoms with Crippen LogP contribution in [0.1, 0.15) is 37.4 Å². The van der Waals surface area contributed by atoms with Crippen molar-refractivity contribution in [2.75, 3.05) is 23.4 Å². The number of fused-ring (bicyclic) bond motifs is 1. The van der Waals surface area contributed by atoms with Gasteiger partial charge in [-0.3, -0.25) is 0 Å². The highest BCUT2D eigenvalue weighted by molar-refractivity contribution is 7.91. The molecule has 0 aliphatic carbocycles. The van der Waals surface area contributed by atoms with Crippen LogP contribution < -0.4 is 5.32 Å². The number of hydrogen-bond acceptors (Lipinski definition) is 7. The summed E-state index contributed by atoms with van der Waals surface area (Å²) in [5.74, 6) is 0.455. The van der Waals surface area contributed by atoms with Crippen LogP contribution in [-0.2, 0) is 21.2 Å². The zero-order valence-electron chi connectivity index (χ0n) is 15.0. The predicted molar refractivity (Wildman–Crippen MR) is 100 cm³/mol. The average Bonchev–Trinajstić information content (AvgIpc) is 3.25. The summed E-state index contributed by atoms with van der Waals surface area (Å²) in [4.78, 5) is 9.81. The average molecular weight is 377 g/mol. The van der Waals surface area contributed by atoms with Gasteiger partial charge in [0.2, 0.25) is 0 Å². The van der Waals surface area contributed by atoms with E-state index < -0.39 is 9.84 Å². The maximum Gasteiger partial charge on any atom is 0.160 e. The highest BCUT2D eigenvalue weighted by atomic mass is 32.2. The van der Waals surface area contributed by atoms with E-state index in [1.54, 1.807) is 0 Å². The summed E-state index contributed by atoms with van der Waals surface area (Å²) in [6.07, 6.45) is 3.78. The first-order valence-corrected chi connectivity index (χ1v) is 10.8. The van der Waals surface area contributed by atoms with Crippen molar-refractivity contribution in [2.24, 2.45) is 5.16 Å². The van der Waals surface area contributed by atoms with E-state index in [0.717, 1.165) is 46.7 Å². The molecular weight excluding hydrogens is 354 g/mol. The summed E-state index contributed by atoms with van der Waals surface area (Å²) in [6, 6.07) is 0.107. The van der Waals surface area contributed by atoms with Crippen LogP contribution in [0.3, 0.4) is 0 Å². The van der Waals surface area contributed by atoms with Gasteiger partial charge in [-0.25, -0.2) is 18.1 Å². The van der Waals surface area contributed by atoms with Crippen molar-refractivity contribution in [3.05, 3.63) is 17.5 Å². The van der Waals surface area contributed by atoms with E-state index >= 15 is 0 Å². The molecule has 2 aromatic rings. The second kappa shape index (κ2) is 6.53. The van der Waals surface area contributed by atoms with Crippen molar-refractivity contribution in [1.82, 2.24) is 14.8 Å². The zero-order valence-corrected chi connectivity index (χ0v) is 15.8. The van der Waals surface area contributed by atoms with Crippen molar-refractivity contribution in [1.29, 1.82) is 0 Å². The summed E-state index contributed by atoms with van der Waals surface area (Å²) >= 11 is 0. The highest BCUT2D eigenvalue weighted by Gasteiger charge is 2.27. The van der Waals surface area contributed by atoms with Crippen LogP contribution in [0.25, 0.3) is 11.0 Å². The Morgan fingerprint density at radius 1 is 1.35 bits per heavy atom. The van der Waals surface area contributed by atoms with E-state index in [-0.39, 0.29) is 17.5 Å². The van der Waals surface area contributed by atoms with Crippen molar-refractivity contribution in [3.63, 3.8) is 0 Å². The van der Waals surface area contributed by atoms with Crippen molar-refractivity contribution in [2.45, 2.75) is 45.7 Å². The molecule has 26 heavy (non-hydrogen) atoms. The van der Waals surface area contributed by atoms with Gasteiger partial charge in [0.25, 0.3) is 0 Å². The minimum atomic E-state index is -2.90. The molecule has 9 heteroatoms. The smallest absolute Gasteiger partial charge is 0.160 e. The predicted octanol–water partition coefficient (Wildman–Crippen LogP) is 1.87. The molecule has 0 aromatic carbocycles. The molecule has 8 nitrogen and oxygen atoms in total. The SMILES string of the molecule is CCn1nc(C)c2c(NC3CCS(=O)(=O)CC3)c(C3=NOCC3)cnc21. The topological polar surface area (TPSA) is 98.5 Å². The number of oxime groups is 1. The van der Waals surface area contributed by atoms with Gasteiger partial charge in [0.1, 0.15) is 16.4 Å². The fraction of sp³-hybridized carbons (Fsp3) is 0.588. The Labute approximate surface area is 152 Å². The maximum absolute atomic E-state index is 11.7. The van der Waals surface area contributed by atoms with E-state index in [4.69, 9.17) is 4.84 Å². The second-order valence-electron chi connectivity index (χ2n) is 6.84. The van der Waals surface area contributed by atoms with Gasteiger partial charge >= 0.3 is 0 Å². The van der Waals surface area contributed by atoms with Gasteiger partial charge in [-0.1, -0.05) is 5.16 Å². The highest BCUT2D eigenvalue weighted by Crippen LogP contribution is 2.32. The Morgan fingerprint density at radius 3 is 2.77 bits per heavy atom. The van der Waals surface area contributed by atoms with Crippen LogP contribution >= 0.6 is 0 Å². The molecule has 0 bridgehead atoms. The van der Waals surface area contributed by atoms with Gasteiger partial charge in [-0.05, 0) is 26.7 Å². The number of aromatic nitrogens is 3. The third kappa shape index (κ3) is 3.04. The molecule has 0 spiro atoms. The van der Waals surface area contributed by atoms with Gasteiger partial charge in [-0.2, -0.15) is 5.10 Å². The first-order valence-electron chi connectivity index (χ1n) is 9.01.